The molecule has 0 fully saturated rings. The molecule has 0 N–H and O–H groups in total. The van der Waals surface area contributed by atoms with Gasteiger partial charge in [-0.3, -0.25) is 4.79 Å². The number of hydrogen-bond acceptors (Lipinski definition) is 1. The second-order valence-corrected chi connectivity index (χ2v) is 1.37. The molecular formula is C6H5O+. The van der Waals surface area contributed by atoms with E-state index in [-0.39, 0.29) is 5.78 Å². The molecule has 7 heavy (non-hydrogen) atoms. The zero-order valence-electron chi connectivity index (χ0n) is 3.85. The zero-order valence-corrected chi connectivity index (χ0v) is 3.85. The first-order valence-corrected chi connectivity index (χ1v) is 2.17. The van der Waals surface area contributed by atoms with Crippen molar-refractivity contribution in [2.24, 2.45) is 0 Å². The van der Waals surface area contributed by atoms with E-state index < -0.39 is 0 Å². The van der Waals surface area contributed by atoms with E-state index in [4.69, 9.17) is 0 Å². The van der Waals surface area contributed by atoms with Crippen molar-refractivity contribution in [1.29, 1.82) is 0 Å². The molecule has 0 atom stereocenters. The molecule has 0 aliphatic heterocycles. The van der Waals surface area contributed by atoms with Crippen LogP contribution in [0.15, 0.2) is 18.2 Å². The van der Waals surface area contributed by atoms with Gasteiger partial charge in [-0.05, 0) is 0 Å². The van der Waals surface area contributed by atoms with Crippen LogP contribution in [-0.2, 0) is 4.79 Å². The third kappa shape index (κ3) is 0.951. The normalized spacial score (nSPS) is 16.9. The van der Waals surface area contributed by atoms with Crippen LogP contribution in [0.2, 0.25) is 0 Å². The van der Waals surface area contributed by atoms with Gasteiger partial charge < -0.3 is 0 Å². The fraction of sp³-hybridized carbons (Fsp3) is 0.167. The lowest BCUT2D eigenvalue weighted by Gasteiger charge is -1.77. The Morgan fingerprint density at radius 3 is 2.86 bits per heavy atom. The molecule has 1 nitrogen and oxygen atoms in total. The topological polar surface area (TPSA) is 17.1 Å². The molecule has 1 heteroatoms. The maximum atomic E-state index is 10.3. The van der Waals surface area contributed by atoms with E-state index in [9.17, 15) is 4.79 Å². The van der Waals surface area contributed by atoms with Crippen LogP contribution in [-0.4, -0.2) is 5.78 Å². The van der Waals surface area contributed by atoms with Crippen LogP contribution in [0.1, 0.15) is 6.42 Å². The Morgan fingerprint density at radius 1 is 1.71 bits per heavy atom. The average molecular weight is 93.1 g/mol. The minimum absolute atomic E-state index is 0.166. The van der Waals surface area contributed by atoms with Gasteiger partial charge in [0, 0.05) is 0 Å². The van der Waals surface area contributed by atoms with Crippen molar-refractivity contribution in [3.8, 4) is 0 Å². The fourth-order valence-corrected chi connectivity index (χ4v) is 0.437. The first-order valence-electron chi connectivity index (χ1n) is 2.17. The van der Waals surface area contributed by atoms with Gasteiger partial charge in [0.05, 0.1) is 18.6 Å². The molecular weight excluding hydrogens is 88.1 g/mol. The lowest BCUT2D eigenvalue weighted by molar-refractivity contribution is -0.113. The molecule has 0 unspecified atom stereocenters. The minimum atomic E-state index is 0.166. The zero-order chi connectivity index (χ0) is 5.11. The van der Waals surface area contributed by atoms with Crippen LogP contribution in [0.4, 0.5) is 0 Å². The van der Waals surface area contributed by atoms with Gasteiger partial charge in [-0.25, -0.2) is 0 Å². The van der Waals surface area contributed by atoms with Crippen molar-refractivity contribution in [2.75, 3.05) is 0 Å². The van der Waals surface area contributed by atoms with Gasteiger partial charge in [0.15, 0.2) is 6.08 Å². The molecule has 0 saturated carbocycles. The number of carbonyl (C=O) groups is 1. The molecule has 0 aromatic rings. The van der Waals surface area contributed by atoms with Crippen LogP contribution in [0.5, 0.6) is 0 Å². The Hall–Kier alpha value is -0.940. The van der Waals surface area contributed by atoms with Crippen LogP contribution < -0.4 is 0 Å². The molecule has 0 spiro atoms. The second-order valence-electron chi connectivity index (χ2n) is 1.37. The number of allylic oxidation sites excluding steroid dienone is 4. The van der Waals surface area contributed by atoms with Crippen molar-refractivity contribution in [3.05, 3.63) is 24.3 Å². The SMILES string of the molecule is O=C1C=C[C+]=CC1. The van der Waals surface area contributed by atoms with E-state index >= 15 is 0 Å². The summed E-state index contributed by atoms with van der Waals surface area (Å²) in [6, 6.07) is 0. The summed E-state index contributed by atoms with van der Waals surface area (Å²) < 4.78 is 0. The van der Waals surface area contributed by atoms with E-state index in [0.717, 1.165) is 0 Å². The highest BCUT2D eigenvalue weighted by molar-refractivity contribution is 5.91. The summed E-state index contributed by atoms with van der Waals surface area (Å²) in [7, 11) is 0. The molecule has 0 amide bonds. The third-order valence-corrected chi connectivity index (χ3v) is 0.787. The minimum Gasteiger partial charge on any atom is -0.270 e. The number of hydrogen-bond donors (Lipinski definition) is 0. The van der Waals surface area contributed by atoms with Crippen LogP contribution >= 0.6 is 0 Å². The highest BCUT2D eigenvalue weighted by Crippen LogP contribution is 1.93. The molecule has 0 bridgehead atoms. The van der Waals surface area contributed by atoms with Crippen molar-refractivity contribution >= 4 is 5.78 Å². The third-order valence-electron chi connectivity index (χ3n) is 0.787. The molecule has 1 aliphatic carbocycles. The van der Waals surface area contributed by atoms with Crippen LogP contribution in [0.3, 0.4) is 0 Å². The van der Waals surface area contributed by atoms with E-state index in [1.807, 2.05) is 0 Å². The van der Waals surface area contributed by atoms with Gasteiger partial charge in [-0.1, -0.05) is 0 Å². The smallest absolute Gasteiger partial charge is 0.242 e. The van der Waals surface area contributed by atoms with Crippen molar-refractivity contribution < 1.29 is 4.79 Å². The van der Waals surface area contributed by atoms with Gasteiger partial charge in [-0.15, -0.1) is 0 Å². The Morgan fingerprint density at radius 2 is 2.57 bits per heavy atom. The summed E-state index contributed by atoms with van der Waals surface area (Å²) in [6.45, 7) is 0. The number of ketones is 1. The molecule has 0 aromatic heterocycles. The van der Waals surface area contributed by atoms with Gasteiger partial charge >= 0.3 is 0 Å². The lowest BCUT2D eigenvalue weighted by Crippen LogP contribution is -1.90. The fourth-order valence-electron chi connectivity index (χ4n) is 0.437. The number of carbonyl (C=O) groups excluding carboxylic acids is 1. The van der Waals surface area contributed by atoms with Gasteiger partial charge in [0.25, 0.3) is 0 Å². The molecule has 1 aliphatic rings. The Kier molecular flexibility index (Phi) is 1.01. The quantitative estimate of drug-likeness (QED) is 0.406. The van der Waals surface area contributed by atoms with E-state index in [0.29, 0.717) is 6.42 Å². The maximum absolute atomic E-state index is 10.3. The van der Waals surface area contributed by atoms with E-state index in [1.165, 1.54) is 6.08 Å². The molecule has 0 heterocycles. The van der Waals surface area contributed by atoms with Crippen molar-refractivity contribution in [2.45, 2.75) is 6.42 Å². The molecule has 0 saturated heterocycles. The second kappa shape index (κ2) is 1.67. The summed E-state index contributed by atoms with van der Waals surface area (Å²) in [4.78, 5) is 10.3. The van der Waals surface area contributed by atoms with Crippen molar-refractivity contribution in [3.63, 3.8) is 0 Å². The maximum Gasteiger partial charge on any atom is 0.242 e. The Balaban J connectivity index is 2.66. The standard InChI is InChI=1S/C6H5O/c7-6-4-2-1-3-5-6/h2-4H,5H2/q+1. The molecule has 1 rings (SSSR count). The predicted molar refractivity (Wildman–Crippen MR) is 26.6 cm³/mol. The summed E-state index contributed by atoms with van der Waals surface area (Å²) in [6.07, 6.45) is 8.20. The van der Waals surface area contributed by atoms with Crippen LogP contribution in [0, 0.1) is 6.08 Å². The summed E-state index contributed by atoms with van der Waals surface area (Å²) in [5, 5.41) is 0. The van der Waals surface area contributed by atoms with Gasteiger partial charge in [0.2, 0.25) is 5.78 Å². The number of rotatable bonds is 0. The van der Waals surface area contributed by atoms with Crippen molar-refractivity contribution in [1.82, 2.24) is 0 Å². The highest BCUT2D eigenvalue weighted by Gasteiger charge is 2.02. The monoisotopic (exact) mass is 93.0 g/mol. The first-order chi connectivity index (χ1) is 3.39. The lowest BCUT2D eigenvalue weighted by atomic mass is 10.2. The van der Waals surface area contributed by atoms with E-state index in [2.05, 4.69) is 6.08 Å². The largest absolute Gasteiger partial charge is 0.270 e. The van der Waals surface area contributed by atoms with Gasteiger partial charge in [-0.2, -0.15) is 0 Å². The predicted octanol–water partition coefficient (Wildman–Crippen LogP) is 0.875. The summed E-state index contributed by atoms with van der Waals surface area (Å²) in [5.74, 6) is 0.166. The first kappa shape index (κ1) is 4.23. The Bertz CT molecular complexity index is 131. The summed E-state index contributed by atoms with van der Waals surface area (Å²) >= 11 is 0. The average Bonchev–Trinajstić information content (AvgIpc) is 1.69. The van der Waals surface area contributed by atoms with E-state index in [1.54, 1.807) is 12.2 Å². The molecule has 0 radical (unpaired) electrons. The van der Waals surface area contributed by atoms with Gasteiger partial charge in [0.1, 0.15) is 6.08 Å². The Labute approximate surface area is 42.3 Å². The summed E-state index contributed by atoms with van der Waals surface area (Å²) in [5.41, 5.74) is 0. The van der Waals surface area contributed by atoms with Crippen LogP contribution in [0.25, 0.3) is 0 Å². The molecule has 0 aromatic carbocycles. The molecule has 34 valence electrons. The highest BCUT2D eigenvalue weighted by atomic mass is 16.1.